The van der Waals surface area contributed by atoms with Crippen LogP contribution in [0.25, 0.3) is 11.3 Å². The Morgan fingerprint density at radius 1 is 1.11 bits per heavy atom. The third-order valence-corrected chi connectivity index (χ3v) is 5.92. The first-order valence-electron chi connectivity index (χ1n) is 9.56. The molecule has 2 aliphatic heterocycles. The molecule has 4 rings (SSSR count). The summed E-state index contributed by atoms with van der Waals surface area (Å²) in [5.41, 5.74) is 2.04. The highest BCUT2D eigenvalue weighted by atomic mass is 16.5. The molecule has 2 aromatic rings. The molecule has 0 radical (unpaired) electrons. The van der Waals surface area contributed by atoms with Crippen molar-refractivity contribution in [1.29, 1.82) is 0 Å². The Kier molecular flexibility index (Phi) is 4.86. The normalized spacial score (nSPS) is 22.6. The van der Waals surface area contributed by atoms with Crippen molar-refractivity contribution < 1.29 is 9.47 Å². The maximum Gasteiger partial charge on any atom is 0.245 e. The van der Waals surface area contributed by atoms with Gasteiger partial charge in [0.15, 0.2) is 0 Å². The van der Waals surface area contributed by atoms with E-state index in [0.29, 0.717) is 17.1 Å². The van der Waals surface area contributed by atoms with Crippen LogP contribution in [0.3, 0.4) is 0 Å². The molecule has 2 saturated heterocycles. The Bertz CT molecular complexity index is 815. The summed E-state index contributed by atoms with van der Waals surface area (Å²) in [6.07, 6.45) is 4.15. The SMILES string of the molecule is CCN1CCC2(CCN(c3nncc(-c4ccc(OC)cc4OC)n3)C2)C1. The van der Waals surface area contributed by atoms with Crippen molar-refractivity contribution in [2.24, 2.45) is 5.41 Å². The lowest BCUT2D eigenvalue weighted by atomic mass is 9.86. The molecule has 144 valence electrons. The quantitative estimate of drug-likeness (QED) is 0.802. The molecule has 3 heterocycles. The average molecular weight is 369 g/mol. The molecule has 7 heteroatoms. The molecule has 1 spiro atoms. The average Bonchev–Trinajstić information content (AvgIpc) is 3.34. The molecule has 27 heavy (non-hydrogen) atoms. The minimum Gasteiger partial charge on any atom is -0.497 e. The van der Waals surface area contributed by atoms with Gasteiger partial charge in [-0.05, 0) is 38.1 Å². The van der Waals surface area contributed by atoms with E-state index in [1.807, 2.05) is 18.2 Å². The predicted octanol–water partition coefficient (Wildman–Crippen LogP) is 2.48. The Labute approximate surface area is 160 Å². The van der Waals surface area contributed by atoms with Crippen LogP contribution in [0.4, 0.5) is 5.95 Å². The van der Waals surface area contributed by atoms with Crippen LogP contribution in [-0.2, 0) is 0 Å². The van der Waals surface area contributed by atoms with Crippen LogP contribution in [0.5, 0.6) is 11.5 Å². The molecular weight excluding hydrogens is 342 g/mol. The van der Waals surface area contributed by atoms with Crippen LogP contribution in [-0.4, -0.2) is 67.0 Å². The summed E-state index contributed by atoms with van der Waals surface area (Å²) in [7, 11) is 3.29. The summed E-state index contributed by atoms with van der Waals surface area (Å²) < 4.78 is 10.8. The summed E-state index contributed by atoms with van der Waals surface area (Å²) >= 11 is 0. The van der Waals surface area contributed by atoms with Crippen molar-refractivity contribution in [2.75, 3.05) is 51.8 Å². The number of aromatic nitrogens is 3. The number of ether oxygens (including phenoxy) is 2. The minimum atomic E-state index is 0.382. The predicted molar refractivity (Wildman–Crippen MR) is 104 cm³/mol. The summed E-state index contributed by atoms with van der Waals surface area (Å²) in [6.45, 7) is 7.75. The van der Waals surface area contributed by atoms with Crippen molar-refractivity contribution >= 4 is 5.95 Å². The molecule has 1 unspecified atom stereocenters. The standard InChI is InChI=1S/C20H27N5O2/c1-4-24-9-7-20(13-24)8-10-25(14-20)19-22-17(12-21-23-19)16-6-5-15(26-2)11-18(16)27-3/h5-6,11-12H,4,7-10,13-14H2,1-3H3. The van der Waals surface area contributed by atoms with Gasteiger partial charge in [0.25, 0.3) is 0 Å². The number of anilines is 1. The lowest BCUT2D eigenvalue weighted by Gasteiger charge is -2.24. The molecule has 0 N–H and O–H groups in total. The van der Waals surface area contributed by atoms with Gasteiger partial charge < -0.3 is 19.3 Å². The highest BCUT2D eigenvalue weighted by molar-refractivity contribution is 5.68. The second-order valence-corrected chi connectivity index (χ2v) is 7.50. The number of methoxy groups -OCH3 is 2. The zero-order valence-electron chi connectivity index (χ0n) is 16.3. The van der Waals surface area contributed by atoms with Gasteiger partial charge in [-0.2, -0.15) is 5.10 Å². The Morgan fingerprint density at radius 3 is 2.70 bits per heavy atom. The Hall–Kier alpha value is -2.41. The van der Waals surface area contributed by atoms with Crippen LogP contribution >= 0.6 is 0 Å². The summed E-state index contributed by atoms with van der Waals surface area (Å²) in [5, 5.41) is 8.53. The molecule has 7 nitrogen and oxygen atoms in total. The highest BCUT2D eigenvalue weighted by Crippen LogP contribution is 2.40. The zero-order valence-corrected chi connectivity index (χ0v) is 16.3. The van der Waals surface area contributed by atoms with Gasteiger partial charge in [0.1, 0.15) is 11.5 Å². The summed E-state index contributed by atoms with van der Waals surface area (Å²) in [4.78, 5) is 9.63. The van der Waals surface area contributed by atoms with E-state index in [4.69, 9.17) is 14.5 Å². The largest absolute Gasteiger partial charge is 0.497 e. The number of likely N-dealkylation sites (tertiary alicyclic amines) is 1. The van der Waals surface area contributed by atoms with E-state index >= 15 is 0 Å². The van der Waals surface area contributed by atoms with Crippen molar-refractivity contribution in [3.05, 3.63) is 24.4 Å². The van der Waals surface area contributed by atoms with Crippen LogP contribution in [0.1, 0.15) is 19.8 Å². The second-order valence-electron chi connectivity index (χ2n) is 7.50. The second kappa shape index (κ2) is 7.31. The van der Waals surface area contributed by atoms with Gasteiger partial charge >= 0.3 is 0 Å². The molecule has 1 atom stereocenters. The molecular formula is C20H27N5O2. The Morgan fingerprint density at radius 2 is 1.96 bits per heavy atom. The third kappa shape index (κ3) is 3.43. The molecule has 2 aliphatic rings. The number of hydrogen-bond acceptors (Lipinski definition) is 7. The number of hydrogen-bond donors (Lipinski definition) is 0. The van der Waals surface area contributed by atoms with Crippen molar-refractivity contribution in [2.45, 2.75) is 19.8 Å². The van der Waals surface area contributed by atoms with E-state index in [1.165, 1.54) is 25.9 Å². The van der Waals surface area contributed by atoms with Crippen molar-refractivity contribution in [3.63, 3.8) is 0 Å². The molecule has 0 bridgehead atoms. The lowest BCUT2D eigenvalue weighted by molar-refractivity contribution is 0.286. The Balaban J connectivity index is 1.57. The van der Waals surface area contributed by atoms with E-state index in [0.717, 1.165) is 36.6 Å². The monoisotopic (exact) mass is 369 g/mol. The highest BCUT2D eigenvalue weighted by Gasteiger charge is 2.43. The van der Waals surface area contributed by atoms with E-state index in [9.17, 15) is 0 Å². The van der Waals surface area contributed by atoms with E-state index in [1.54, 1.807) is 20.4 Å². The molecule has 0 saturated carbocycles. The number of nitrogens with zero attached hydrogens (tertiary/aromatic N) is 5. The maximum absolute atomic E-state index is 5.52. The van der Waals surface area contributed by atoms with E-state index in [2.05, 4.69) is 26.9 Å². The van der Waals surface area contributed by atoms with Crippen LogP contribution in [0, 0.1) is 5.41 Å². The number of rotatable bonds is 5. The van der Waals surface area contributed by atoms with E-state index < -0.39 is 0 Å². The summed E-state index contributed by atoms with van der Waals surface area (Å²) in [5.74, 6) is 2.17. The van der Waals surface area contributed by atoms with Crippen molar-refractivity contribution in [3.8, 4) is 22.8 Å². The van der Waals surface area contributed by atoms with Gasteiger partial charge in [0, 0.05) is 36.7 Å². The summed E-state index contributed by atoms with van der Waals surface area (Å²) in [6, 6.07) is 5.72. The number of benzene rings is 1. The van der Waals surface area contributed by atoms with E-state index in [-0.39, 0.29) is 0 Å². The van der Waals surface area contributed by atoms with Crippen LogP contribution in [0.15, 0.2) is 24.4 Å². The molecule has 2 fully saturated rings. The van der Waals surface area contributed by atoms with Gasteiger partial charge in [0.05, 0.1) is 26.1 Å². The van der Waals surface area contributed by atoms with Gasteiger partial charge in [-0.1, -0.05) is 6.92 Å². The third-order valence-electron chi connectivity index (χ3n) is 5.92. The first kappa shape index (κ1) is 18.0. The molecule has 0 amide bonds. The van der Waals surface area contributed by atoms with Crippen molar-refractivity contribution in [1.82, 2.24) is 20.1 Å². The maximum atomic E-state index is 5.52. The fourth-order valence-corrected chi connectivity index (χ4v) is 4.30. The first-order valence-corrected chi connectivity index (χ1v) is 9.56. The van der Waals surface area contributed by atoms with Crippen LogP contribution < -0.4 is 14.4 Å². The molecule has 0 aliphatic carbocycles. The lowest BCUT2D eigenvalue weighted by Crippen LogP contribution is -2.31. The molecule has 1 aromatic heterocycles. The first-order chi connectivity index (χ1) is 13.2. The van der Waals surface area contributed by atoms with Gasteiger partial charge in [-0.15, -0.1) is 5.10 Å². The van der Waals surface area contributed by atoms with Gasteiger partial charge in [-0.25, -0.2) is 4.98 Å². The fraction of sp³-hybridized carbons (Fsp3) is 0.550. The smallest absolute Gasteiger partial charge is 0.245 e. The topological polar surface area (TPSA) is 63.6 Å². The zero-order chi connectivity index (χ0) is 18.9. The minimum absolute atomic E-state index is 0.382. The molecule has 1 aromatic carbocycles. The van der Waals surface area contributed by atoms with Crippen LogP contribution in [0.2, 0.25) is 0 Å². The van der Waals surface area contributed by atoms with Gasteiger partial charge in [0.2, 0.25) is 5.95 Å². The fourth-order valence-electron chi connectivity index (χ4n) is 4.30. The van der Waals surface area contributed by atoms with Gasteiger partial charge in [-0.3, -0.25) is 0 Å².